The molecule has 1 aromatic heterocycles. The van der Waals surface area contributed by atoms with E-state index in [0.717, 1.165) is 0 Å². The van der Waals surface area contributed by atoms with Gasteiger partial charge in [0.15, 0.2) is 5.92 Å². The minimum Gasteiger partial charge on any atom is -0.327 e. The van der Waals surface area contributed by atoms with Crippen LogP contribution >= 0.6 is 11.3 Å². The zero-order valence-electron chi connectivity index (χ0n) is 9.05. The summed E-state index contributed by atoms with van der Waals surface area (Å²) >= 11 is 1.33. The van der Waals surface area contributed by atoms with E-state index in [-0.39, 0.29) is 12.8 Å². The van der Waals surface area contributed by atoms with Gasteiger partial charge in [0.1, 0.15) is 0 Å². The molecule has 0 aromatic carbocycles. The van der Waals surface area contributed by atoms with Gasteiger partial charge in [0, 0.05) is 6.04 Å². The second-order valence-electron chi connectivity index (χ2n) is 3.90. The molecule has 1 nitrogen and oxygen atoms in total. The van der Waals surface area contributed by atoms with Crippen LogP contribution in [0.1, 0.15) is 12.0 Å². The van der Waals surface area contributed by atoms with Crippen LogP contribution in [0.2, 0.25) is 0 Å². The van der Waals surface area contributed by atoms with Crippen LogP contribution in [-0.4, -0.2) is 18.4 Å². The Kier molecular flexibility index (Phi) is 4.66. The standard InChI is InChI=1S/C10H11F6NS/c11-9(12,13)8(10(14,15)16)7(17)2-1-6-3-4-18-5-6/h3-5,7-8H,1-2,17H2. The fraction of sp³-hybridized carbons (Fsp3) is 0.600. The van der Waals surface area contributed by atoms with Gasteiger partial charge >= 0.3 is 12.4 Å². The summed E-state index contributed by atoms with van der Waals surface area (Å²) in [6.07, 6.45) is -11.0. The fourth-order valence-electron chi connectivity index (χ4n) is 1.61. The number of thiophene rings is 1. The van der Waals surface area contributed by atoms with Crippen LogP contribution in [0.3, 0.4) is 0 Å². The van der Waals surface area contributed by atoms with E-state index in [1.165, 1.54) is 11.3 Å². The summed E-state index contributed by atoms with van der Waals surface area (Å²) in [5, 5.41) is 3.37. The van der Waals surface area contributed by atoms with E-state index in [2.05, 4.69) is 0 Å². The summed E-state index contributed by atoms with van der Waals surface area (Å²) in [6, 6.07) is -0.335. The Morgan fingerprint density at radius 2 is 1.67 bits per heavy atom. The summed E-state index contributed by atoms with van der Waals surface area (Å²) in [5.74, 6) is -3.47. The van der Waals surface area contributed by atoms with Gasteiger partial charge in [0.25, 0.3) is 0 Å². The third-order valence-corrected chi connectivity index (χ3v) is 3.21. The highest BCUT2D eigenvalue weighted by Gasteiger charge is 2.59. The fourth-order valence-corrected chi connectivity index (χ4v) is 2.31. The van der Waals surface area contributed by atoms with Crippen molar-refractivity contribution < 1.29 is 26.3 Å². The molecule has 2 N–H and O–H groups in total. The van der Waals surface area contributed by atoms with Gasteiger partial charge in [-0.25, -0.2) is 0 Å². The SMILES string of the molecule is NC(CCc1ccsc1)C(C(F)(F)F)C(F)(F)F. The molecule has 0 saturated heterocycles. The number of aryl methyl sites for hydroxylation is 1. The van der Waals surface area contributed by atoms with Crippen LogP contribution in [0, 0.1) is 5.92 Å². The molecule has 0 aliphatic rings. The lowest BCUT2D eigenvalue weighted by Crippen LogP contribution is -2.49. The number of halogens is 6. The lowest BCUT2D eigenvalue weighted by molar-refractivity contribution is -0.289. The van der Waals surface area contributed by atoms with Crippen LogP contribution in [0.25, 0.3) is 0 Å². The quantitative estimate of drug-likeness (QED) is 0.840. The highest BCUT2D eigenvalue weighted by Crippen LogP contribution is 2.41. The van der Waals surface area contributed by atoms with E-state index < -0.39 is 24.3 Å². The molecule has 0 aliphatic heterocycles. The average molecular weight is 291 g/mol. The smallest absolute Gasteiger partial charge is 0.327 e. The molecule has 0 bridgehead atoms. The Morgan fingerprint density at radius 1 is 1.11 bits per heavy atom. The second kappa shape index (κ2) is 5.48. The van der Waals surface area contributed by atoms with Gasteiger partial charge in [0.05, 0.1) is 0 Å². The first-order valence-corrected chi connectivity index (χ1v) is 5.96. The van der Waals surface area contributed by atoms with Crippen molar-refractivity contribution in [2.45, 2.75) is 31.2 Å². The van der Waals surface area contributed by atoms with Gasteiger partial charge < -0.3 is 5.73 Å². The molecule has 18 heavy (non-hydrogen) atoms. The summed E-state index contributed by atoms with van der Waals surface area (Å²) in [6.45, 7) is 0. The van der Waals surface area contributed by atoms with Crippen molar-refractivity contribution in [1.82, 2.24) is 0 Å². The van der Waals surface area contributed by atoms with E-state index in [9.17, 15) is 26.3 Å². The van der Waals surface area contributed by atoms with Gasteiger partial charge in [0.2, 0.25) is 0 Å². The van der Waals surface area contributed by atoms with Crippen LogP contribution in [0.4, 0.5) is 26.3 Å². The first-order valence-electron chi connectivity index (χ1n) is 5.02. The minimum atomic E-state index is -5.37. The first-order chi connectivity index (χ1) is 8.12. The molecule has 1 rings (SSSR count). The molecule has 1 atom stereocenters. The van der Waals surface area contributed by atoms with Gasteiger partial charge in [-0.1, -0.05) is 0 Å². The van der Waals surface area contributed by atoms with Gasteiger partial charge in [-0.05, 0) is 35.2 Å². The Hall–Kier alpha value is -0.760. The van der Waals surface area contributed by atoms with Crippen molar-refractivity contribution in [3.8, 4) is 0 Å². The van der Waals surface area contributed by atoms with Crippen molar-refractivity contribution >= 4 is 11.3 Å². The Bertz CT molecular complexity index is 341. The van der Waals surface area contributed by atoms with Crippen molar-refractivity contribution in [2.24, 2.45) is 11.7 Å². The highest BCUT2D eigenvalue weighted by atomic mass is 32.1. The van der Waals surface area contributed by atoms with Crippen LogP contribution in [0.15, 0.2) is 16.8 Å². The molecule has 8 heteroatoms. The summed E-state index contributed by atoms with van der Waals surface area (Å²) < 4.78 is 74.0. The van der Waals surface area contributed by atoms with Crippen LogP contribution < -0.4 is 5.73 Å². The molecule has 0 aliphatic carbocycles. The highest BCUT2D eigenvalue weighted by molar-refractivity contribution is 7.07. The van der Waals surface area contributed by atoms with E-state index >= 15 is 0 Å². The molecule has 1 heterocycles. The molecule has 0 amide bonds. The van der Waals surface area contributed by atoms with Crippen molar-refractivity contribution in [1.29, 1.82) is 0 Å². The molecule has 1 unspecified atom stereocenters. The Balaban J connectivity index is 2.69. The first kappa shape index (κ1) is 15.3. The molecular formula is C10H11F6NS. The predicted octanol–water partition coefficient (Wildman–Crippen LogP) is 3.75. The van der Waals surface area contributed by atoms with E-state index in [0.29, 0.717) is 5.56 Å². The summed E-state index contributed by atoms with van der Waals surface area (Å²) in [4.78, 5) is 0. The Labute approximate surface area is 104 Å². The number of hydrogen-bond acceptors (Lipinski definition) is 2. The van der Waals surface area contributed by atoms with Crippen LogP contribution in [0.5, 0.6) is 0 Å². The molecule has 0 radical (unpaired) electrons. The number of hydrogen-bond donors (Lipinski definition) is 1. The predicted molar refractivity (Wildman–Crippen MR) is 56.2 cm³/mol. The Morgan fingerprint density at radius 3 is 2.06 bits per heavy atom. The molecular weight excluding hydrogens is 280 g/mol. The molecule has 0 spiro atoms. The van der Waals surface area contributed by atoms with Gasteiger partial charge in [-0.2, -0.15) is 37.7 Å². The van der Waals surface area contributed by atoms with Gasteiger partial charge in [-0.15, -0.1) is 0 Å². The normalized spacial score (nSPS) is 15.1. The van der Waals surface area contributed by atoms with Crippen LogP contribution in [-0.2, 0) is 6.42 Å². The van der Waals surface area contributed by atoms with Crippen molar-refractivity contribution in [3.05, 3.63) is 22.4 Å². The maximum atomic E-state index is 12.3. The number of alkyl halides is 6. The third-order valence-electron chi connectivity index (χ3n) is 2.48. The van der Waals surface area contributed by atoms with Gasteiger partial charge in [-0.3, -0.25) is 0 Å². The largest absolute Gasteiger partial charge is 0.401 e. The molecule has 1 aromatic rings. The zero-order valence-corrected chi connectivity index (χ0v) is 9.87. The second-order valence-corrected chi connectivity index (χ2v) is 4.68. The molecule has 0 fully saturated rings. The van der Waals surface area contributed by atoms with Crippen molar-refractivity contribution in [3.63, 3.8) is 0 Å². The van der Waals surface area contributed by atoms with E-state index in [1.807, 2.05) is 0 Å². The lowest BCUT2D eigenvalue weighted by atomic mass is 9.94. The number of rotatable bonds is 4. The summed E-state index contributed by atoms with van der Waals surface area (Å²) in [7, 11) is 0. The zero-order chi connectivity index (χ0) is 14.0. The maximum Gasteiger partial charge on any atom is 0.401 e. The third kappa shape index (κ3) is 4.16. The van der Waals surface area contributed by atoms with Crippen molar-refractivity contribution in [2.75, 3.05) is 0 Å². The average Bonchev–Trinajstić information content (AvgIpc) is 2.61. The summed E-state index contributed by atoms with van der Waals surface area (Å²) in [5.41, 5.74) is 5.76. The minimum absolute atomic E-state index is 0.104. The lowest BCUT2D eigenvalue weighted by Gasteiger charge is -2.28. The monoisotopic (exact) mass is 291 g/mol. The van der Waals surface area contributed by atoms with E-state index in [4.69, 9.17) is 5.73 Å². The maximum absolute atomic E-state index is 12.3. The van der Waals surface area contributed by atoms with E-state index in [1.54, 1.807) is 16.8 Å². The molecule has 104 valence electrons. The molecule has 0 saturated carbocycles. The number of nitrogens with two attached hydrogens (primary N) is 1. The topological polar surface area (TPSA) is 26.0 Å².